The molecule has 0 atom stereocenters. The van der Waals surface area contributed by atoms with E-state index in [1.807, 2.05) is 42.6 Å². The van der Waals surface area contributed by atoms with E-state index >= 15 is 0 Å². The molecule has 0 spiro atoms. The van der Waals surface area contributed by atoms with Gasteiger partial charge in [0.2, 0.25) is 5.91 Å². The summed E-state index contributed by atoms with van der Waals surface area (Å²) in [7, 11) is 0. The molecule has 0 bridgehead atoms. The molecular weight excluding hydrogens is 368 g/mol. The molecule has 0 radical (unpaired) electrons. The number of carbonyl (C=O) groups is 1. The molecule has 3 aromatic heterocycles. The number of rotatable bonds is 4. The molecule has 9 nitrogen and oxygen atoms in total. The van der Waals surface area contributed by atoms with Gasteiger partial charge < -0.3 is 10.2 Å². The van der Waals surface area contributed by atoms with Gasteiger partial charge in [0, 0.05) is 42.5 Å². The molecule has 1 fully saturated rings. The number of hydrogen-bond donors (Lipinski definition) is 2. The average Bonchev–Trinajstić information content (AvgIpc) is 3.46. The van der Waals surface area contributed by atoms with Crippen LogP contribution in [-0.2, 0) is 4.79 Å². The molecule has 0 aliphatic carbocycles. The van der Waals surface area contributed by atoms with Crippen molar-refractivity contribution in [2.75, 3.05) is 23.3 Å². The van der Waals surface area contributed by atoms with Crippen molar-refractivity contribution in [3.63, 3.8) is 0 Å². The summed E-state index contributed by atoms with van der Waals surface area (Å²) in [6, 6.07) is 11.5. The molecule has 1 aliphatic rings. The zero-order valence-electron chi connectivity index (χ0n) is 15.7. The second-order valence-corrected chi connectivity index (χ2v) is 7.12. The van der Waals surface area contributed by atoms with Crippen molar-refractivity contribution in [1.82, 2.24) is 30.2 Å². The number of hydrogen-bond acceptors (Lipinski definition) is 6. The Hall–Kier alpha value is -3.75. The fourth-order valence-electron chi connectivity index (χ4n) is 3.64. The molecule has 0 unspecified atom stereocenters. The number of H-pyrrole nitrogens is 1. The number of nitrogens with one attached hydrogen (secondary N) is 2. The minimum absolute atomic E-state index is 0.0139. The smallest absolute Gasteiger partial charge is 0.227 e. The third-order valence-corrected chi connectivity index (χ3v) is 5.27. The Kier molecular flexibility index (Phi) is 4.39. The quantitative estimate of drug-likeness (QED) is 0.556. The van der Waals surface area contributed by atoms with E-state index in [2.05, 4.69) is 35.7 Å². The summed E-state index contributed by atoms with van der Waals surface area (Å²) in [5, 5.41) is 23.7. The molecule has 9 heteroatoms. The predicted molar refractivity (Wildman–Crippen MR) is 109 cm³/mol. The monoisotopic (exact) mass is 388 g/mol. The maximum atomic E-state index is 12.7. The van der Waals surface area contributed by atoms with Gasteiger partial charge in [0.15, 0.2) is 11.6 Å². The van der Waals surface area contributed by atoms with Crippen molar-refractivity contribution < 1.29 is 4.79 Å². The normalized spacial score (nSPS) is 15.0. The number of anilines is 2. The number of amides is 1. The number of benzene rings is 1. The van der Waals surface area contributed by atoms with E-state index in [1.54, 1.807) is 17.1 Å². The minimum Gasteiger partial charge on any atom is -0.355 e. The number of fused-ring (bicyclic) bond motifs is 1. The molecule has 146 valence electrons. The number of nitrogens with zero attached hydrogens (tertiary/aromatic N) is 6. The Morgan fingerprint density at radius 1 is 1.10 bits per heavy atom. The maximum absolute atomic E-state index is 12.7. The molecule has 5 rings (SSSR count). The maximum Gasteiger partial charge on any atom is 0.227 e. The molecule has 1 amide bonds. The van der Waals surface area contributed by atoms with Gasteiger partial charge >= 0.3 is 0 Å². The highest BCUT2D eigenvalue weighted by Gasteiger charge is 2.26. The van der Waals surface area contributed by atoms with Gasteiger partial charge in [-0.25, -0.2) is 4.68 Å². The summed E-state index contributed by atoms with van der Waals surface area (Å²) in [6.45, 7) is 1.54. The van der Waals surface area contributed by atoms with Crippen molar-refractivity contribution >= 4 is 28.3 Å². The van der Waals surface area contributed by atoms with Gasteiger partial charge in [-0.3, -0.25) is 9.89 Å². The van der Waals surface area contributed by atoms with Crippen LogP contribution in [0, 0.1) is 5.92 Å². The van der Waals surface area contributed by atoms with Crippen LogP contribution in [0.5, 0.6) is 0 Å². The second-order valence-electron chi connectivity index (χ2n) is 7.12. The van der Waals surface area contributed by atoms with E-state index in [0.717, 1.165) is 48.3 Å². The van der Waals surface area contributed by atoms with Crippen molar-refractivity contribution in [3.8, 4) is 5.82 Å². The van der Waals surface area contributed by atoms with Gasteiger partial charge in [0.25, 0.3) is 0 Å². The lowest BCUT2D eigenvalue weighted by Gasteiger charge is -2.31. The summed E-state index contributed by atoms with van der Waals surface area (Å²) < 4.78 is 1.67. The topological polar surface area (TPSA) is 105 Å². The van der Waals surface area contributed by atoms with Gasteiger partial charge in [-0.1, -0.05) is 0 Å². The largest absolute Gasteiger partial charge is 0.355 e. The number of aromatic nitrogens is 6. The first-order chi connectivity index (χ1) is 14.3. The van der Waals surface area contributed by atoms with Crippen LogP contribution in [-0.4, -0.2) is 49.2 Å². The van der Waals surface area contributed by atoms with E-state index in [0.29, 0.717) is 5.82 Å². The van der Waals surface area contributed by atoms with Crippen LogP contribution in [0.25, 0.3) is 16.7 Å². The van der Waals surface area contributed by atoms with Crippen molar-refractivity contribution in [2.24, 2.45) is 5.92 Å². The van der Waals surface area contributed by atoms with Crippen LogP contribution in [0.2, 0.25) is 0 Å². The van der Waals surface area contributed by atoms with Gasteiger partial charge in [-0.05, 0) is 49.2 Å². The van der Waals surface area contributed by atoms with Crippen LogP contribution in [0.15, 0.2) is 55.0 Å². The number of piperidine rings is 1. The molecule has 29 heavy (non-hydrogen) atoms. The standard InChI is InChI=1S/C20H20N8O/c29-20(23-16-3-2-15-13-21-24-17(15)12-16)14-6-10-27(11-7-14)18-4-5-19(26-25-18)28-9-1-8-22-28/h1-5,8-9,12-14H,6-7,10-11H2,(H,21,24)(H,23,29). The lowest BCUT2D eigenvalue weighted by Crippen LogP contribution is -2.38. The molecule has 4 aromatic rings. The van der Waals surface area contributed by atoms with Gasteiger partial charge in [-0.15, -0.1) is 10.2 Å². The van der Waals surface area contributed by atoms with E-state index in [4.69, 9.17) is 0 Å². The van der Waals surface area contributed by atoms with Gasteiger partial charge in [-0.2, -0.15) is 10.2 Å². The first-order valence-electron chi connectivity index (χ1n) is 9.59. The molecular formula is C20H20N8O. The van der Waals surface area contributed by atoms with Crippen LogP contribution < -0.4 is 10.2 Å². The lowest BCUT2D eigenvalue weighted by molar-refractivity contribution is -0.120. The van der Waals surface area contributed by atoms with E-state index in [9.17, 15) is 4.79 Å². The van der Waals surface area contributed by atoms with E-state index < -0.39 is 0 Å². The van der Waals surface area contributed by atoms with E-state index in [1.165, 1.54) is 0 Å². The zero-order valence-corrected chi connectivity index (χ0v) is 15.7. The van der Waals surface area contributed by atoms with Crippen molar-refractivity contribution in [1.29, 1.82) is 0 Å². The zero-order chi connectivity index (χ0) is 19.6. The average molecular weight is 388 g/mol. The highest BCUT2D eigenvalue weighted by molar-refractivity contribution is 5.94. The van der Waals surface area contributed by atoms with Gasteiger partial charge in [0.1, 0.15) is 0 Å². The Labute approximate surface area is 166 Å². The lowest BCUT2D eigenvalue weighted by atomic mass is 9.96. The third-order valence-electron chi connectivity index (χ3n) is 5.27. The molecule has 1 aromatic carbocycles. The SMILES string of the molecule is O=C(Nc1ccc2cn[nH]c2c1)C1CCN(c2ccc(-n3cccn3)nn2)CC1. The van der Waals surface area contributed by atoms with Crippen LogP contribution in [0.4, 0.5) is 11.5 Å². The van der Waals surface area contributed by atoms with Crippen LogP contribution >= 0.6 is 0 Å². The van der Waals surface area contributed by atoms with Crippen LogP contribution in [0.3, 0.4) is 0 Å². The van der Waals surface area contributed by atoms with Crippen molar-refractivity contribution in [3.05, 3.63) is 55.0 Å². The highest BCUT2D eigenvalue weighted by atomic mass is 16.1. The summed E-state index contributed by atoms with van der Waals surface area (Å²) >= 11 is 0. The fraction of sp³-hybridized carbons (Fsp3) is 0.250. The first-order valence-corrected chi connectivity index (χ1v) is 9.59. The summed E-state index contributed by atoms with van der Waals surface area (Å²) in [5.74, 6) is 1.55. The number of aromatic amines is 1. The summed E-state index contributed by atoms with van der Waals surface area (Å²) in [6.07, 6.45) is 6.86. The summed E-state index contributed by atoms with van der Waals surface area (Å²) in [5.41, 5.74) is 1.70. The Bertz CT molecular complexity index is 1110. The van der Waals surface area contributed by atoms with E-state index in [-0.39, 0.29) is 11.8 Å². The summed E-state index contributed by atoms with van der Waals surface area (Å²) in [4.78, 5) is 14.8. The molecule has 4 heterocycles. The molecule has 1 aliphatic heterocycles. The Balaban J connectivity index is 1.19. The first kappa shape index (κ1) is 17.4. The highest BCUT2D eigenvalue weighted by Crippen LogP contribution is 2.24. The molecule has 2 N–H and O–H groups in total. The predicted octanol–water partition coefficient (Wildman–Crippen LogP) is 2.39. The minimum atomic E-state index is -0.0139. The Morgan fingerprint density at radius 2 is 1.93 bits per heavy atom. The third kappa shape index (κ3) is 3.54. The fourth-order valence-corrected chi connectivity index (χ4v) is 3.64. The van der Waals surface area contributed by atoms with Crippen LogP contribution in [0.1, 0.15) is 12.8 Å². The number of carbonyl (C=O) groups excluding carboxylic acids is 1. The molecule has 0 saturated carbocycles. The van der Waals surface area contributed by atoms with Gasteiger partial charge in [0.05, 0.1) is 11.7 Å². The molecule has 1 saturated heterocycles. The Morgan fingerprint density at radius 3 is 2.69 bits per heavy atom. The second kappa shape index (κ2) is 7.34. The van der Waals surface area contributed by atoms with Crippen molar-refractivity contribution in [2.45, 2.75) is 12.8 Å².